The van der Waals surface area contributed by atoms with Crippen LogP contribution in [0.15, 0.2) is 30.5 Å². The number of carbonyl (C=O) groups excluding carboxylic acids is 1. The first-order valence-corrected chi connectivity index (χ1v) is 10.2. The van der Waals surface area contributed by atoms with Crippen molar-refractivity contribution in [1.29, 1.82) is 0 Å². The molecule has 0 atom stereocenters. The summed E-state index contributed by atoms with van der Waals surface area (Å²) >= 11 is 1.58. The Balaban J connectivity index is 1.42. The highest BCUT2D eigenvalue weighted by Gasteiger charge is 2.45. The number of fused-ring (bicyclic) bond motifs is 4. The molecular weight excluding hydrogens is 358 g/mol. The number of benzene rings is 1. The second-order valence-corrected chi connectivity index (χ2v) is 8.77. The number of nitrogens with one attached hydrogen (secondary N) is 1. The molecule has 0 radical (unpaired) electrons. The van der Waals surface area contributed by atoms with Gasteiger partial charge in [0.05, 0.1) is 5.41 Å². The summed E-state index contributed by atoms with van der Waals surface area (Å²) in [5, 5.41) is 15.4. The van der Waals surface area contributed by atoms with Crippen molar-refractivity contribution in [2.75, 3.05) is 25.0 Å². The Morgan fingerprint density at radius 2 is 1.89 bits per heavy atom. The van der Waals surface area contributed by atoms with E-state index in [4.69, 9.17) is 0 Å². The zero-order valence-electron chi connectivity index (χ0n) is 15.2. The lowest BCUT2D eigenvalue weighted by Crippen LogP contribution is -2.53. The van der Waals surface area contributed by atoms with Gasteiger partial charge < -0.3 is 10.2 Å². The molecule has 2 aromatic heterocycles. The predicted octanol–water partition coefficient (Wildman–Crippen LogP) is 3.49. The summed E-state index contributed by atoms with van der Waals surface area (Å²) in [7, 11) is 0. The van der Waals surface area contributed by atoms with Crippen molar-refractivity contribution < 1.29 is 4.79 Å². The second-order valence-electron chi connectivity index (χ2n) is 7.58. The lowest BCUT2D eigenvalue weighted by Gasteiger charge is -2.47. The molecule has 6 nitrogen and oxygen atoms in total. The van der Waals surface area contributed by atoms with Gasteiger partial charge in [0.2, 0.25) is 5.91 Å². The van der Waals surface area contributed by atoms with Crippen LogP contribution >= 0.6 is 11.3 Å². The topological polar surface area (TPSA) is 71.0 Å². The van der Waals surface area contributed by atoms with Crippen LogP contribution in [-0.2, 0) is 4.79 Å². The molecule has 3 aromatic rings. The maximum absolute atomic E-state index is 13.0. The van der Waals surface area contributed by atoms with E-state index in [1.54, 1.807) is 11.3 Å². The van der Waals surface area contributed by atoms with E-state index >= 15 is 0 Å². The molecular formula is C20H21N5OS. The first-order valence-electron chi connectivity index (χ1n) is 9.35. The molecule has 0 saturated carbocycles. The average molecular weight is 379 g/mol. The third-order valence-corrected chi connectivity index (χ3v) is 6.83. The molecule has 0 unspecified atom stereocenters. The van der Waals surface area contributed by atoms with Gasteiger partial charge >= 0.3 is 0 Å². The van der Waals surface area contributed by atoms with Crippen molar-refractivity contribution >= 4 is 33.8 Å². The molecule has 2 bridgehead atoms. The van der Waals surface area contributed by atoms with E-state index in [1.165, 1.54) is 0 Å². The SMILES string of the molecule is Cc1nnc(-c2ccc3cnc(NC(=O)C45CCN(CC4)CC5)cc3c2)s1. The van der Waals surface area contributed by atoms with E-state index in [2.05, 4.69) is 31.5 Å². The van der Waals surface area contributed by atoms with Gasteiger partial charge in [-0.2, -0.15) is 0 Å². The zero-order chi connectivity index (χ0) is 18.4. The number of pyridine rings is 1. The second kappa shape index (κ2) is 6.35. The third kappa shape index (κ3) is 3.00. The van der Waals surface area contributed by atoms with E-state index in [-0.39, 0.29) is 11.3 Å². The summed E-state index contributed by atoms with van der Waals surface area (Å²) in [6.45, 7) is 5.05. The number of rotatable bonds is 3. The Morgan fingerprint density at radius 1 is 1.11 bits per heavy atom. The summed E-state index contributed by atoms with van der Waals surface area (Å²) in [5.41, 5.74) is 0.826. The zero-order valence-corrected chi connectivity index (χ0v) is 16.1. The van der Waals surface area contributed by atoms with E-state index in [9.17, 15) is 4.79 Å². The minimum atomic E-state index is -0.211. The van der Waals surface area contributed by atoms with Crippen molar-refractivity contribution in [2.45, 2.75) is 26.2 Å². The van der Waals surface area contributed by atoms with Crippen LogP contribution in [0.4, 0.5) is 5.82 Å². The van der Waals surface area contributed by atoms with E-state index in [0.717, 1.165) is 65.2 Å². The minimum Gasteiger partial charge on any atom is -0.310 e. The molecule has 1 N–H and O–H groups in total. The molecule has 1 aromatic carbocycles. The Labute approximate surface area is 161 Å². The number of amides is 1. The van der Waals surface area contributed by atoms with Gasteiger partial charge in [-0.15, -0.1) is 10.2 Å². The number of carbonyl (C=O) groups is 1. The van der Waals surface area contributed by atoms with Gasteiger partial charge in [-0.1, -0.05) is 23.5 Å². The number of aryl methyl sites for hydroxylation is 1. The van der Waals surface area contributed by atoms with Crippen LogP contribution in [-0.4, -0.2) is 45.6 Å². The molecule has 27 heavy (non-hydrogen) atoms. The monoisotopic (exact) mass is 379 g/mol. The van der Waals surface area contributed by atoms with Crippen molar-refractivity contribution in [3.63, 3.8) is 0 Å². The average Bonchev–Trinajstić information content (AvgIpc) is 3.15. The standard InChI is InChI=1S/C20H21N5OS/c1-13-23-24-18(27-13)14-2-3-15-12-21-17(11-16(15)10-14)22-19(26)20-4-7-25(8-5-20)9-6-20/h2-3,10-12H,4-9H2,1H3,(H,21,22,26). The first-order chi connectivity index (χ1) is 13.1. The van der Waals surface area contributed by atoms with E-state index in [1.807, 2.05) is 31.3 Å². The summed E-state index contributed by atoms with van der Waals surface area (Å²) in [5.74, 6) is 0.755. The highest BCUT2D eigenvalue weighted by atomic mass is 32.1. The fourth-order valence-electron chi connectivity index (χ4n) is 4.17. The van der Waals surface area contributed by atoms with E-state index < -0.39 is 0 Å². The molecule has 3 aliphatic rings. The first kappa shape index (κ1) is 16.8. The van der Waals surface area contributed by atoms with Crippen molar-refractivity contribution in [3.05, 3.63) is 35.5 Å². The van der Waals surface area contributed by atoms with Crippen LogP contribution in [0.3, 0.4) is 0 Å². The fourth-order valence-corrected chi connectivity index (χ4v) is 4.86. The van der Waals surface area contributed by atoms with Gasteiger partial charge in [-0.05, 0) is 63.3 Å². The maximum Gasteiger partial charge on any atom is 0.231 e. The fraction of sp³-hybridized carbons (Fsp3) is 0.400. The van der Waals surface area contributed by atoms with Crippen LogP contribution in [0.5, 0.6) is 0 Å². The molecule has 0 spiro atoms. The van der Waals surface area contributed by atoms with Crippen LogP contribution < -0.4 is 5.32 Å². The predicted molar refractivity (Wildman–Crippen MR) is 107 cm³/mol. The van der Waals surface area contributed by atoms with Gasteiger partial charge in [-0.25, -0.2) is 4.98 Å². The molecule has 7 heteroatoms. The van der Waals surface area contributed by atoms with Gasteiger partial charge in [0.15, 0.2) is 0 Å². The number of aromatic nitrogens is 3. The highest BCUT2D eigenvalue weighted by Crippen LogP contribution is 2.41. The lowest BCUT2D eigenvalue weighted by molar-refractivity contribution is -0.132. The number of nitrogens with zero attached hydrogens (tertiary/aromatic N) is 4. The molecule has 0 aliphatic carbocycles. The number of piperidine rings is 3. The van der Waals surface area contributed by atoms with Crippen LogP contribution in [0.25, 0.3) is 21.3 Å². The van der Waals surface area contributed by atoms with Crippen LogP contribution in [0.1, 0.15) is 24.3 Å². The molecule has 3 aliphatic heterocycles. The van der Waals surface area contributed by atoms with Gasteiger partial charge in [0.1, 0.15) is 15.8 Å². The normalized spacial score (nSPS) is 24.3. The van der Waals surface area contributed by atoms with Crippen LogP contribution in [0, 0.1) is 12.3 Å². The molecule has 6 rings (SSSR count). The Bertz CT molecular complexity index is 1010. The third-order valence-electron chi connectivity index (χ3n) is 5.94. The molecule has 1 amide bonds. The number of hydrogen-bond acceptors (Lipinski definition) is 6. The van der Waals surface area contributed by atoms with Crippen molar-refractivity contribution in [1.82, 2.24) is 20.1 Å². The molecule has 3 fully saturated rings. The molecule has 3 saturated heterocycles. The quantitative estimate of drug-likeness (QED) is 0.754. The van der Waals surface area contributed by atoms with Gasteiger partial charge in [0.25, 0.3) is 0 Å². The minimum absolute atomic E-state index is 0.129. The van der Waals surface area contributed by atoms with E-state index in [0.29, 0.717) is 5.82 Å². The summed E-state index contributed by atoms with van der Waals surface area (Å²) in [6.07, 6.45) is 4.67. The largest absolute Gasteiger partial charge is 0.310 e. The van der Waals surface area contributed by atoms with Crippen molar-refractivity contribution in [2.24, 2.45) is 5.41 Å². The molecule has 5 heterocycles. The Morgan fingerprint density at radius 3 is 2.59 bits per heavy atom. The summed E-state index contributed by atoms with van der Waals surface area (Å²) in [6, 6.07) is 8.12. The smallest absolute Gasteiger partial charge is 0.231 e. The number of anilines is 1. The highest BCUT2D eigenvalue weighted by molar-refractivity contribution is 7.14. The Hall–Kier alpha value is -2.38. The number of hydrogen-bond donors (Lipinski definition) is 1. The Kier molecular flexibility index (Phi) is 3.94. The van der Waals surface area contributed by atoms with Gasteiger partial charge in [-0.3, -0.25) is 4.79 Å². The maximum atomic E-state index is 13.0. The van der Waals surface area contributed by atoms with Crippen molar-refractivity contribution in [3.8, 4) is 10.6 Å². The summed E-state index contributed by atoms with van der Waals surface area (Å²) in [4.78, 5) is 19.9. The summed E-state index contributed by atoms with van der Waals surface area (Å²) < 4.78 is 0. The molecule has 138 valence electrons. The van der Waals surface area contributed by atoms with Crippen LogP contribution in [0.2, 0.25) is 0 Å². The lowest BCUT2D eigenvalue weighted by atomic mass is 9.71. The van der Waals surface area contributed by atoms with Gasteiger partial charge in [0, 0.05) is 17.1 Å².